The van der Waals surface area contributed by atoms with Gasteiger partial charge in [-0.1, -0.05) is 24.6 Å². The van der Waals surface area contributed by atoms with Crippen LogP contribution in [0.5, 0.6) is 0 Å². The first-order chi connectivity index (χ1) is 11.3. The lowest BCUT2D eigenvalue weighted by molar-refractivity contribution is 0.0951. The summed E-state index contributed by atoms with van der Waals surface area (Å²) >= 11 is 0. The smallest absolute Gasteiger partial charge is 0.264 e. The quantitative estimate of drug-likeness (QED) is 0.924. The van der Waals surface area contributed by atoms with Crippen LogP contribution in [-0.4, -0.2) is 24.2 Å². The lowest BCUT2D eigenvalue weighted by atomic mass is 9.86. The van der Waals surface area contributed by atoms with E-state index in [2.05, 4.69) is 14.7 Å². The van der Waals surface area contributed by atoms with E-state index in [1.54, 1.807) is 19.1 Å². The highest BCUT2D eigenvalue weighted by Crippen LogP contribution is 2.27. The fourth-order valence-corrected chi connectivity index (χ4v) is 3.85. The zero-order valence-electron chi connectivity index (χ0n) is 13.8. The van der Waals surface area contributed by atoms with E-state index in [0.717, 1.165) is 5.56 Å². The van der Waals surface area contributed by atoms with Crippen LogP contribution in [0.4, 0.5) is 5.95 Å². The molecule has 1 unspecified atom stereocenters. The SMILES string of the molecule is Cc1ccc(S(=O)(=O)Nc2nc(C)c3c(n2)CC(C)CC3=O)cc1. The van der Waals surface area contributed by atoms with E-state index in [1.807, 2.05) is 13.8 Å². The van der Waals surface area contributed by atoms with Gasteiger partial charge in [-0.25, -0.2) is 23.1 Å². The second kappa shape index (κ2) is 5.98. The summed E-state index contributed by atoms with van der Waals surface area (Å²) in [5.41, 5.74) is 2.64. The summed E-state index contributed by atoms with van der Waals surface area (Å²) in [5, 5.41) is 0. The molecule has 1 heterocycles. The molecule has 1 aliphatic carbocycles. The number of ketones is 1. The van der Waals surface area contributed by atoms with Gasteiger partial charge < -0.3 is 0 Å². The van der Waals surface area contributed by atoms with Crippen molar-refractivity contribution in [3.8, 4) is 0 Å². The number of rotatable bonds is 3. The number of nitrogens with one attached hydrogen (secondary N) is 1. The molecule has 24 heavy (non-hydrogen) atoms. The molecule has 0 saturated heterocycles. The topological polar surface area (TPSA) is 89.0 Å². The van der Waals surface area contributed by atoms with Crippen LogP contribution >= 0.6 is 0 Å². The molecule has 1 aliphatic rings. The van der Waals surface area contributed by atoms with Gasteiger partial charge in [-0.15, -0.1) is 0 Å². The minimum Gasteiger partial charge on any atom is -0.294 e. The van der Waals surface area contributed by atoms with Crippen molar-refractivity contribution in [1.82, 2.24) is 9.97 Å². The molecule has 7 heteroatoms. The molecule has 126 valence electrons. The van der Waals surface area contributed by atoms with Gasteiger partial charge in [0.15, 0.2) is 5.78 Å². The van der Waals surface area contributed by atoms with Crippen molar-refractivity contribution in [2.24, 2.45) is 5.92 Å². The average Bonchev–Trinajstić information content (AvgIpc) is 2.45. The maximum Gasteiger partial charge on any atom is 0.264 e. The van der Waals surface area contributed by atoms with Crippen LogP contribution in [-0.2, 0) is 16.4 Å². The van der Waals surface area contributed by atoms with Gasteiger partial charge in [-0.05, 0) is 38.3 Å². The molecule has 1 aromatic heterocycles. The molecular weight excluding hydrogens is 326 g/mol. The van der Waals surface area contributed by atoms with Gasteiger partial charge in [0.2, 0.25) is 5.95 Å². The van der Waals surface area contributed by atoms with E-state index >= 15 is 0 Å². The van der Waals surface area contributed by atoms with Gasteiger partial charge in [0, 0.05) is 6.42 Å². The monoisotopic (exact) mass is 345 g/mol. The molecule has 0 spiro atoms. The standard InChI is InChI=1S/C17H19N3O3S/c1-10-4-6-13(7-5-10)24(22,23)20-17-18-12(3)16-14(19-17)8-11(2)9-15(16)21/h4-7,11H,8-9H2,1-3H3,(H,18,19,20). The van der Waals surface area contributed by atoms with Crippen molar-refractivity contribution < 1.29 is 13.2 Å². The Kier molecular flexibility index (Phi) is 4.13. The zero-order valence-corrected chi connectivity index (χ0v) is 14.6. The Bertz CT molecular complexity index is 905. The van der Waals surface area contributed by atoms with E-state index in [4.69, 9.17) is 0 Å². The molecule has 0 bridgehead atoms. The van der Waals surface area contributed by atoms with Crippen molar-refractivity contribution in [2.75, 3.05) is 4.72 Å². The van der Waals surface area contributed by atoms with Gasteiger partial charge in [-0.3, -0.25) is 4.79 Å². The molecule has 2 aromatic rings. The van der Waals surface area contributed by atoms with Crippen molar-refractivity contribution in [2.45, 2.75) is 38.5 Å². The van der Waals surface area contributed by atoms with E-state index in [0.29, 0.717) is 29.8 Å². The predicted molar refractivity (Wildman–Crippen MR) is 90.6 cm³/mol. The Morgan fingerprint density at radius 3 is 2.42 bits per heavy atom. The summed E-state index contributed by atoms with van der Waals surface area (Å²) in [6.45, 7) is 5.57. The first kappa shape index (κ1) is 16.6. The third-order valence-electron chi connectivity index (χ3n) is 4.08. The van der Waals surface area contributed by atoms with Crippen LogP contribution < -0.4 is 4.72 Å². The number of fused-ring (bicyclic) bond motifs is 1. The van der Waals surface area contributed by atoms with Crippen molar-refractivity contribution in [3.05, 3.63) is 46.8 Å². The Balaban J connectivity index is 1.96. The number of hydrogen-bond acceptors (Lipinski definition) is 5. The van der Waals surface area contributed by atoms with Crippen LogP contribution in [0.1, 0.15) is 40.7 Å². The summed E-state index contributed by atoms with van der Waals surface area (Å²) in [5.74, 6) is 0.226. The number of benzene rings is 1. The number of hydrogen-bond donors (Lipinski definition) is 1. The van der Waals surface area contributed by atoms with Crippen LogP contribution in [0.2, 0.25) is 0 Å². The number of anilines is 1. The predicted octanol–water partition coefficient (Wildman–Crippen LogP) is 2.66. The normalized spacial score (nSPS) is 17.5. The third-order valence-corrected chi connectivity index (χ3v) is 5.42. The highest BCUT2D eigenvalue weighted by molar-refractivity contribution is 7.92. The summed E-state index contributed by atoms with van der Waals surface area (Å²) < 4.78 is 27.3. The van der Waals surface area contributed by atoms with Gasteiger partial charge in [0.25, 0.3) is 10.0 Å². The molecule has 0 radical (unpaired) electrons. The largest absolute Gasteiger partial charge is 0.294 e. The van der Waals surface area contributed by atoms with E-state index in [-0.39, 0.29) is 22.5 Å². The summed E-state index contributed by atoms with van der Waals surface area (Å²) in [6, 6.07) is 6.53. The van der Waals surface area contributed by atoms with Crippen molar-refractivity contribution in [1.29, 1.82) is 0 Å². The Labute approximate surface area is 141 Å². The van der Waals surface area contributed by atoms with Crippen molar-refractivity contribution >= 4 is 21.8 Å². The molecule has 0 fully saturated rings. The number of carbonyl (C=O) groups is 1. The Morgan fingerprint density at radius 1 is 1.08 bits per heavy atom. The van der Waals surface area contributed by atoms with Crippen LogP contribution in [0.25, 0.3) is 0 Å². The van der Waals surface area contributed by atoms with E-state index in [1.165, 1.54) is 12.1 Å². The third kappa shape index (κ3) is 3.17. The van der Waals surface area contributed by atoms with Gasteiger partial charge >= 0.3 is 0 Å². The maximum atomic E-state index is 12.5. The zero-order chi connectivity index (χ0) is 17.5. The maximum absolute atomic E-state index is 12.5. The van der Waals surface area contributed by atoms with Gasteiger partial charge in [0.05, 0.1) is 21.8 Å². The van der Waals surface area contributed by atoms with E-state index in [9.17, 15) is 13.2 Å². The molecule has 0 saturated carbocycles. The summed E-state index contributed by atoms with van der Waals surface area (Å²) in [4.78, 5) is 20.7. The molecular formula is C17H19N3O3S. The second-order valence-corrected chi connectivity index (χ2v) is 7.99. The minimum absolute atomic E-state index is 0.00808. The first-order valence-electron chi connectivity index (χ1n) is 7.76. The molecule has 0 amide bonds. The fourth-order valence-electron chi connectivity index (χ4n) is 2.91. The van der Waals surface area contributed by atoms with Crippen molar-refractivity contribution in [3.63, 3.8) is 0 Å². The lowest BCUT2D eigenvalue weighted by Crippen LogP contribution is -2.23. The average molecular weight is 345 g/mol. The number of Topliss-reactive ketones (excluding diaryl/α,β-unsaturated/α-hetero) is 1. The first-order valence-corrected chi connectivity index (χ1v) is 9.25. The molecule has 1 N–H and O–H groups in total. The second-order valence-electron chi connectivity index (χ2n) is 6.31. The highest BCUT2D eigenvalue weighted by atomic mass is 32.2. The Hall–Kier alpha value is -2.28. The van der Waals surface area contributed by atoms with Crippen LogP contribution in [0, 0.1) is 19.8 Å². The van der Waals surface area contributed by atoms with Gasteiger partial charge in [-0.2, -0.15) is 0 Å². The summed E-state index contributed by atoms with van der Waals surface area (Å²) in [6.07, 6.45) is 1.12. The van der Waals surface area contributed by atoms with Gasteiger partial charge in [0.1, 0.15) is 0 Å². The number of nitrogens with zero attached hydrogens (tertiary/aromatic N) is 2. The molecule has 0 aliphatic heterocycles. The number of sulfonamides is 1. The Morgan fingerprint density at radius 2 is 1.75 bits per heavy atom. The lowest BCUT2D eigenvalue weighted by Gasteiger charge is -2.21. The van der Waals surface area contributed by atoms with Crippen LogP contribution in [0.15, 0.2) is 29.2 Å². The fraction of sp³-hybridized carbons (Fsp3) is 0.353. The molecule has 3 rings (SSSR count). The minimum atomic E-state index is -3.76. The van der Waals surface area contributed by atoms with Crippen LogP contribution in [0.3, 0.4) is 0 Å². The molecule has 6 nitrogen and oxygen atoms in total. The highest BCUT2D eigenvalue weighted by Gasteiger charge is 2.27. The van der Waals surface area contributed by atoms with E-state index < -0.39 is 10.0 Å². The molecule has 1 atom stereocenters. The number of aromatic nitrogens is 2. The number of carbonyl (C=O) groups excluding carboxylic acids is 1. The number of aryl methyl sites for hydroxylation is 2. The summed E-state index contributed by atoms with van der Waals surface area (Å²) in [7, 11) is -3.76. The molecule has 1 aromatic carbocycles.